The Bertz CT molecular complexity index is 1270. The predicted octanol–water partition coefficient (Wildman–Crippen LogP) is 3.34. The molecule has 9 nitrogen and oxygen atoms in total. The maximum Gasteiger partial charge on any atom is 0.255 e. The highest BCUT2D eigenvalue weighted by Gasteiger charge is 2.50. The fourth-order valence-corrected chi connectivity index (χ4v) is 4.30. The third-order valence-corrected chi connectivity index (χ3v) is 6.46. The molecule has 5 rings (SSSR count). The molecule has 180 valence electrons. The van der Waals surface area contributed by atoms with Crippen molar-refractivity contribution >= 4 is 35.0 Å². The van der Waals surface area contributed by atoms with Crippen LogP contribution in [0.3, 0.4) is 0 Å². The van der Waals surface area contributed by atoms with Crippen LogP contribution in [0.4, 0.5) is 27.5 Å². The molecule has 1 saturated heterocycles. The summed E-state index contributed by atoms with van der Waals surface area (Å²) in [4.78, 5) is 36.2. The van der Waals surface area contributed by atoms with Gasteiger partial charge in [0.1, 0.15) is 17.0 Å². The number of fused-ring (bicyclic) bond motifs is 1. The minimum Gasteiger partial charge on any atom is -0.378 e. The number of amides is 2. The Morgan fingerprint density at radius 2 is 1.91 bits per heavy atom. The topological polar surface area (TPSA) is 108 Å². The molecule has 35 heavy (non-hydrogen) atoms. The van der Waals surface area contributed by atoms with Crippen LogP contribution in [0.1, 0.15) is 28.0 Å². The maximum absolute atomic E-state index is 13.1. The van der Waals surface area contributed by atoms with E-state index in [1.54, 1.807) is 12.1 Å². The monoisotopic (exact) mass is 476 g/mol. The maximum atomic E-state index is 13.1. The number of ether oxygens (including phenoxy) is 1. The Hall–Kier alpha value is -4.05. The summed E-state index contributed by atoms with van der Waals surface area (Å²) in [5, 5.41) is 9.00. The molecule has 1 atom stereocenters. The van der Waals surface area contributed by atoms with E-state index < -0.39 is 5.54 Å². The summed E-state index contributed by atoms with van der Waals surface area (Å²) in [5.74, 6) is 0.315. The Balaban J connectivity index is 1.26. The highest BCUT2D eigenvalue weighted by atomic mass is 19.1. The summed E-state index contributed by atoms with van der Waals surface area (Å²) in [6.45, 7) is 3.16. The van der Waals surface area contributed by atoms with Crippen LogP contribution in [0.2, 0.25) is 0 Å². The van der Waals surface area contributed by atoms with Crippen LogP contribution in [0.15, 0.2) is 48.5 Å². The van der Waals surface area contributed by atoms with Crippen LogP contribution >= 0.6 is 0 Å². The van der Waals surface area contributed by atoms with Gasteiger partial charge >= 0.3 is 0 Å². The fourth-order valence-electron chi connectivity index (χ4n) is 4.30. The van der Waals surface area contributed by atoms with Gasteiger partial charge < -0.3 is 25.6 Å². The number of nitrogens with one attached hydrogen (secondary N) is 3. The minimum atomic E-state index is -0.751. The van der Waals surface area contributed by atoms with Crippen LogP contribution in [0, 0.1) is 12.7 Å². The molecule has 0 aliphatic carbocycles. The minimum absolute atomic E-state index is 0.0935. The number of carbonyl (C=O) groups is 2. The van der Waals surface area contributed by atoms with Crippen molar-refractivity contribution in [3.8, 4) is 0 Å². The second-order valence-corrected chi connectivity index (χ2v) is 8.69. The molecule has 2 aliphatic rings. The van der Waals surface area contributed by atoms with Gasteiger partial charge in [-0.1, -0.05) is 12.1 Å². The van der Waals surface area contributed by atoms with Gasteiger partial charge in [0.05, 0.1) is 12.3 Å². The molecule has 2 aromatic carbocycles. The molecule has 1 aromatic heterocycles. The Labute approximate surface area is 201 Å². The smallest absolute Gasteiger partial charge is 0.255 e. The third kappa shape index (κ3) is 4.28. The zero-order valence-electron chi connectivity index (χ0n) is 19.4. The highest BCUT2D eigenvalue weighted by Crippen LogP contribution is 2.40. The summed E-state index contributed by atoms with van der Waals surface area (Å²) in [6.07, 6.45) is 0.602. The largest absolute Gasteiger partial charge is 0.378 e. The molecule has 1 spiro atoms. The van der Waals surface area contributed by atoms with E-state index in [2.05, 4.69) is 25.9 Å². The molecule has 2 amide bonds. The van der Waals surface area contributed by atoms with Gasteiger partial charge in [0.25, 0.3) is 11.8 Å². The number of aryl methyl sites for hydroxylation is 1. The number of rotatable bonds is 5. The number of hydrogen-bond donors (Lipinski definition) is 3. The number of anilines is 4. The standard InChI is InChI=1S/C25H25FN6O3/c1-15-20-21(32(2)25(23(34)30-20)11-12-35-14-25)31-24(28-15)27-13-16-3-9-19(10-4-16)29-22(33)17-5-7-18(26)8-6-17/h3-10H,11-14H2,1-2H3,(H,29,33)(H,30,34)(H,27,28,31)/t25-/m1/s1. The van der Waals surface area contributed by atoms with Crippen molar-refractivity contribution in [3.63, 3.8) is 0 Å². The van der Waals surface area contributed by atoms with Crippen LogP contribution < -0.4 is 20.9 Å². The first-order valence-electron chi connectivity index (χ1n) is 11.3. The molecule has 3 aromatic rings. The lowest BCUT2D eigenvalue weighted by atomic mass is 9.93. The van der Waals surface area contributed by atoms with Crippen LogP contribution in [-0.2, 0) is 16.1 Å². The number of halogens is 1. The zero-order valence-corrected chi connectivity index (χ0v) is 19.4. The average molecular weight is 477 g/mol. The third-order valence-electron chi connectivity index (χ3n) is 6.46. The summed E-state index contributed by atoms with van der Waals surface area (Å²) in [6, 6.07) is 12.7. The van der Waals surface area contributed by atoms with Gasteiger partial charge in [-0.3, -0.25) is 9.59 Å². The second kappa shape index (κ2) is 8.95. The van der Waals surface area contributed by atoms with E-state index in [4.69, 9.17) is 4.74 Å². The summed E-state index contributed by atoms with van der Waals surface area (Å²) >= 11 is 0. The van der Waals surface area contributed by atoms with E-state index in [9.17, 15) is 14.0 Å². The van der Waals surface area contributed by atoms with Crippen LogP contribution in [0.5, 0.6) is 0 Å². The van der Waals surface area contributed by atoms with E-state index in [1.165, 1.54) is 24.3 Å². The molecule has 0 radical (unpaired) electrons. The van der Waals surface area contributed by atoms with E-state index in [1.807, 2.05) is 31.0 Å². The zero-order chi connectivity index (χ0) is 24.6. The number of carbonyl (C=O) groups excluding carboxylic acids is 2. The second-order valence-electron chi connectivity index (χ2n) is 8.69. The number of hydrogen-bond acceptors (Lipinski definition) is 7. The SMILES string of the molecule is Cc1nc(NCc2ccc(NC(=O)c3ccc(F)cc3)cc2)nc2c1NC(=O)[C@]1(CCOC1)N2C. The Kier molecular flexibility index (Phi) is 5.81. The molecule has 3 heterocycles. The van der Waals surface area contributed by atoms with E-state index in [-0.39, 0.29) is 17.6 Å². The number of nitrogens with zero attached hydrogens (tertiary/aromatic N) is 3. The summed E-state index contributed by atoms with van der Waals surface area (Å²) < 4.78 is 18.6. The molecular weight excluding hydrogens is 451 g/mol. The summed E-state index contributed by atoms with van der Waals surface area (Å²) in [5.41, 5.74) is 2.51. The van der Waals surface area contributed by atoms with Crippen molar-refractivity contribution in [2.24, 2.45) is 0 Å². The van der Waals surface area contributed by atoms with Gasteiger partial charge in [-0.05, 0) is 48.9 Å². The van der Waals surface area contributed by atoms with Crippen molar-refractivity contribution in [3.05, 3.63) is 71.2 Å². The van der Waals surface area contributed by atoms with Gasteiger partial charge in [-0.2, -0.15) is 4.98 Å². The van der Waals surface area contributed by atoms with Gasteiger partial charge in [0, 0.05) is 37.9 Å². The Morgan fingerprint density at radius 1 is 1.17 bits per heavy atom. The van der Waals surface area contributed by atoms with Crippen LogP contribution in [0.25, 0.3) is 0 Å². The van der Waals surface area contributed by atoms with Gasteiger partial charge in [-0.15, -0.1) is 0 Å². The average Bonchev–Trinajstić information content (AvgIpc) is 3.35. The first-order chi connectivity index (χ1) is 16.9. The van der Waals surface area contributed by atoms with E-state index in [0.717, 1.165) is 5.56 Å². The van der Waals surface area contributed by atoms with Crippen LogP contribution in [-0.4, -0.2) is 47.6 Å². The van der Waals surface area contributed by atoms with Crippen molar-refractivity contribution in [1.29, 1.82) is 0 Å². The first-order valence-corrected chi connectivity index (χ1v) is 11.3. The number of likely N-dealkylation sites (N-methyl/N-ethyl adjacent to an activating group) is 1. The molecular formula is C25H25FN6O3. The Morgan fingerprint density at radius 3 is 2.60 bits per heavy atom. The highest BCUT2D eigenvalue weighted by molar-refractivity contribution is 6.07. The molecule has 2 aliphatic heterocycles. The molecule has 0 bridgehead atoms. The molecule has 0 saturated carbocycles. The lowest BCUT2D eigenvalue weighted by Crippen LogP contribution is -2.59. The lowest BCUT2D eigenvalue weighted by Gasteiger charge is -2.41. The molecule has 0 unspecified atom stereocenters. The normalized spacial score (nSPS) is 18.8. The van der Waals surface area contributed by atoms with Crippen molar-refractivity contribution in [2.75, 3.05) is 41.1 Å². The number of aromatic nitrogens is 2. The summed E-state index contributed by atoms with van der Waals surface area (Å²) in [7, 11) is 1.86. The quantitative estimate of drug-likeness (QED) is 0.518. The van der Waals surface area contributed by atoms with E-state index in [0.29, 0.717) is 60.6 Å². The van der Waals surface area contributed by atoms with E-state index >= 15 is 0 Å². The van der Waals surface area contributed by atoms with Gasteiger partial charge in [0.2, 0.25) is 5.95 Å². The van der Waals surface area contributed by atoms with Crippen molar-refractivity contribution in [2.45, 2.75) is 25.4 Å². The fraction of sp³-hybridized carbons (Fsp3) is 0.280. The first kappa shape index (κ1) is 22.7. The number of benzene rings is 2. The van der Waals surface area contributed by atoms with Gasteiger partial charge in [-0.25, -0.2) is 9.37 Å². The van der Waals surface area contributed by atoms with Gasteiger partial charge in [0.15, 0.2) is 5.82 Å². The van der Waals surface area contributed by atoms with Crippen molar-refractivity contribution in [1.82, 2.24) is 9.97 Å². The lowest BCUT2D eigenvalue weighted by molar-refractivity contribution is -0.121. The molecule has 1 fully saturated rings. The molecule has 3 N–H and O–H groups in total. The molecule has 10 heteroatoms. The van der Waals surface area contributed by atoms with Crippen molar-refractivity contribution < 1.29 is 18.7 Å². The predicted molar refractivity (Wildman–Crippen MR) is 130 cm³/mol.